The second-order valence-electron chi connectivity index (χ2n) is 3.77. The van der Waals surface area contributed by atoms with Gasteiger partial charge in [0.25, 0.3) is 0 Å². The Hall–Kier alpha value is -1.78. The van der Waals surface area contributed by atoms with Gasteiger partial charge in [0.2, 0.25) is 0 Å². The third kappa shape index (κ3) is 2.80. The molecule has 0 saturated heterocycles. The highest BCUT2D eigenvalue weighted by Gasteiger charge is 2.13. The summed E-state index contributed by atoms with van der Waals surface area (Å²) in [5, 5.41) is 0.951. The molecule has 0 radical (unpaired) electrons. The van der Waals surface area contributed by atoms with Crippen LogP contribution < -0.4 is 5.73 Å². The van der Waals surface area contributed by atoms with E-state index in [-0.39, 0.29) is 5.82 Å². The minimum atomic E-state index is -0.487. The predicted molar refractivity (Wildman–Crippen MR) is 75.4 cm³/mol. The number of esters is 1. The SMILES string of the molecule is COC(=O)c1cnc(N)c(-c2ccc(Cl)cc2Cl)c1. The van der Waals surface area contributed by atoms with Gasteiger partial charge in [-0.1, -0.05) is 29.3 Å². The molecule has 0 amide bonds. The number of anilines is 1. The number of halogens is 2. The standard InChI is InChI=1S/C13H10Cl2N2O2/c1-19-13(18)7-4-10(12(16)17-6-7)9-3-2-8(14)5-11(9)15/h2-6H,1H3,(H2,16,17). The van der Waals surface area contributed by atoms with E-state index in [0.717, 1.165) is 0 Å². The van der Waals surface area contributed by atoms with Gasteiger partial charge in [-0.25, -0.2) is 9.78 Å². The normalized spacial score (nSPS) is 10.3. The number of benzene rings is 1. The van der Waals surface area contributed by atoms with Crippen molar-refractivity contribution in [2.24, 2.45) is 0 Å². The Morgan fingerprint density at radius 2 is 2.00 bits per heavy atom. The molecule has 0 unspecified atom stereocenters. The van der Waals surface area contributed by atoms with Gasteiger partial charge < -0.3 is 10.5 Å². The van der Waals surface area contributed by atoms with E-state index >= 15 is 0 Å². The van der Waals surface area contributed by atoms with E-state index in [4.69, 9.17) is 28.9 Å². The first-order chi connectivity index (χ1) is 9.02. The van der Waals surface area contributed by atoms with Crippen LogP contribution in [0.2, 0.25) is 10.0 Å². The highest BCUT2D eigenvalue weighted by atomic mass is 35.5. The molecule has 0 fully saturated rings. The van der Waals surface area contributed by atoms with Crippen molar-refractivity contribution >= 4 is 35.0 Å². The number of nitrogen functional groups attached to an aromatic ring is 1. The number of nitrogens with zero attached hydrogens (tertiary/aromatic N) is 1. The Kier molecular flexibility index (Phi) is 3.93. The second-order valence-corrected chi connectivity index (χ2v) is 4.62. The Morgan fingerprint density at radius 1 is 1.26 bits per heavy atom. The highest BCUT2D eigenvalue weighted by molar-refractivity contribution is 6.36. The van der Waals surface area contributed by atoms with Gasteiger partial charge in [-0.05, 0) is 18.2 Å². The molecule has 6 heteroatoms. The molecule has 0 aliphatic heterocycles. The monoisotopic (exact) mass is 296 g/mol. The van der Waals surface area contributed by atoms with Crippen LogP contribution in [-0.2, 0) is 4.74 Å². The van der Waals surface area contributed by atoms with Crippen LogP contribution in [-0.4, -0.2) is 18.1 Å². The number of carbonyl (C=O) groups excluding carboxylic acids is 1. The van der Waals surface area contributed by atoms with Crippen molar-refractivity contribution in [3.8, 4) is 11.1 Å². The van der Waals surface area contributed by atoms with E-state index in [1.165, 1.54) is 13.3 Å². The summed E-state index contributed by atoms with van der Waals surface area (Å²) >= 11 is 12.0. The molecule has 1 aromatic carbocycles. The van der Waals surface area contributed by atoms with Crippen molar-refractivity contribution in [2.45, 2.75) is 0 Å². The van der Waals surface area contributed by atoms with Gasteiger partial charge in [-0.15, -0.1) is 0 Å². The Labute approximate surface area is 120 Å². The summed E-state index contributed by atoms with van der Waals surface area (Å²) in [6.07, 6.45) is 1.36. The predicted octanol–water partition coefficient (Wildman–Crippen LogP) is 3.42. The quantitative estimate of drug-likeness (QED) is 0.862. The minimum absolute atomic E-state index is 0.275. The lowest BCUT2D eigenvalue weighted by Crippen LogP contribution is -2.04. The van der Waals surface area contributed by atoms with Crippen molar-refractivity contribution in [3.63, 3.8) is 0 Å². The molecule has 2 aromatic rings. The first-order valence-corrected chi connectivity index (χ1v) is 6.07. The molecule has 1 aromatic heterocycles. The van der Waals surface area contributed by atoms with Gasteiger partial charge in [-0.2, -0.15) is 0 Å². The molecule has 0 atom stereocenters. The van der Waals surface area contributed by atoms with E-state index in [0.29, 0.717) is 26.7 Å². The fourth-order valence-electron chi connectivity index (χ4n) is 1.63. The first-order valence-electron chi connectivity index (χ1n) is 5.32. The van der Waals surface area contributed by atoms with E-state index in [1.807, 2.05) is 0 Å². The Balaban J connectivity index is 2.57. The summed E-state index contributed by atoms with van der Waals surface area (Å²) in [5.41, 5.74) is 7.33. The number of ether oxygens (including phenoxy) is 1. The molecule has 0 aliphatic carbocycles. The van der Waals surface area contributed by atoms with Gasteiger partial charge in [-0.3, -0.25) is 0 Å². The lowest BCUT2D eigenvalue weighted by atomic mass is 10.0. The Morgan fingerprint density at radius 3 is 2.63 bits per heavy atom. The summed E-state index contributed by atoms with van der Waals surface area (Å²) in [5.74, 6) is -0.212. The maximum Gasteiger partial charge on any atom is 0.339 e. The summed E-state index contributed by atoms with van der Waals surface area (Å²) in [4.78, 5) is 15.5. The number of nitrogens with two attached hydrogens (primary N) is 1. The fourth-order valence-corrected chi connectivity index (χ4v) is 2.14. The second kappa shape index (κ2) is 5.47. The third-order valence-corrected chi connectivity index (χ3v) is 3.11. The van der Waals surface area contributed by atoms with E-state index < -0.39 is 5.97 Å². The molecule has 2 rings (SSSR count). The number of carbonyl (C=O) groups is 1. The van der Waals surface area contributed by atoms with E-state index in [9.17, 15) is 4.79 Å². The zero-order valence-electron chi connectivity index (χ0n) is 9.98. The topological polar surface area (TPSA) is 65.2 Å². The van der Waals surface area contributed by atoms with Crippen LogP contribution in [0.3, 0.4) is 0 Å². The molecule has 0 aliphatic rings. The smallest absolute Gasteiger partial charge is 0.339 e. The van der Waals surface area contributed by atoms with E-state index in [2.05, 4.69) is 9.72 Å². The highest BCUT2D eigenvalue weighted by Crippen LogP contribution is 2.33. The minimum Gasteiger partial charge on any atom is -0.465 e. The van der Waals surface area contributed by atoms with Gasteiger partial charge in [0.05, 0.1) is 17.7 Å². The lowest BCUT2D eigenvalue weighted by molar-refractivity contribution is 0.0600. The van der Waals surface area contributed by atoms with Crippen molar-refractivity contribution < 1.29 is 9.53 Å². The lowest BCUT2D eigenvalue weighted by Gasteiger charge is -2.09. The van der Waals surface area contributed by atoms with Crippen LogP contribution in [0.4, 0.5) is 5.82 Å². The summed E-state index contributed by atoms with van der Waals surface area (Å²) in [6.45, 7) is 0. The molecule has 2 N–H and O–H groups in total. The summed E-state index contributed by atoms with van der Waals surface area (Å²) in [6, 6.07) is 6.60. The third-order valence-electron chi connectivity index (χ3n) is 2.56. The molecular formula is C13H10Cl2N2O2. The molecule has 1 heterocycles. The maximum atomic E-state index is 11.5. The zero-order valence-corrected chi connectivity index (χ0v) is 11.5. The van der Waals surface area contributed by atoms with Crippen molar-refractivity contribution in [3.05, 3.63) is 46.1 Å². The zero-order chi connectivity index (χ0) is 14.0. The summed E-state index contributed by atoms with van der Waals surface area (Å²) in [7, 11) is 1.30. The van der Waals surface area contributed by atoms with Crippen molar-refractivity contribution in [1.29, 1.82) is 0 Å². The molecule has 0 bridgehead atoms. The van der Waals surface area contributed by atoms with Gasteiger partial charge in [0, 0.05) is 22.3 Å². The first kappa shape index (κ1) is 13.6. The van der Waals surface area contributed by atoms with Crippen LogP contribution in [0.1, 0.15) is 10.4 Å². The number of hydrogen-bond acceptors (Lipinski definition) is 4. The molecular weight excluding hydrogens is 287 g/mol. The van der Waals surface area contributed by atoms with E-state index in [1.54, 1.807) is 24.3 Å². The van der Waals surface area contributed by atoms with Crippen molar-refractivity contribution in [2.75, 3.05) is 12.8 Å². The van der Waals surface area contributed by atoms with Crippen LogP contribution in [0.15, 0.2) is 30.5 Å². The number of hydrogen-bond donors (Lipinski definition) is 1. The van der Waals surface area contributed by atoms with Crippen LogP contribution in [0.5, 0.6) is 0 Å². The maximum absolute atomic E-state index is 11.5. The van der Waals surface area contributed by atoms with Crippen LogP contribution in [0, 0.1) is 0 Å². The number of methoxy groups -OCH3 is 1. The number of rotatable bonds is 2. The number of aromatic nitrogens is 1. The average Bonchev–Trinajstić information content (AvgIpc) is 2.39. The van der Waals surface area contributed by atoms with Crippen LogP contribution in [0.25, 0.3) is 11.1 Å². The number of pyridine rings is 1. The van der Waals surface area contributed by atoms with Gasteiger partial charge in [0.1, 0.15) is 5.82 Å². The van der Waals surface area contributed by atoms with Crippen molar-refractivity contribution in [1.82, 2.24) is 4.98 Å². The fraction of sp³-hybridized carbons (Fsp3) is 0.0769. The molecule has 0 spiro atoms. The average molecular weight is 297 g/mol. The van der Waals surface area contributed by atoms with Gasteiger partial charge in [0.15, 0.2) is 0 Å². The van der Waals surface area contributed by atoms with Gasteiger partial charge >= 0.3 is 5.97 Å². The molecule has 19 heavy (non-hydrogen) atoms. The Bertz CT molecular complexity index is 645. The molecule has 4 nitrogen and oxygen atoms in total. The van der Waals surface area contributed by atoms with Crippen LogP contribution >= 0.6 is 23.2 Å². The largest absolute Gasteiger partial charge is 0.465 e. The molecule has 0 saturated carbocycles. The summed E-state index contributed by atoms with van der Waals surface area (Å²) < 4.78 is 4.64. The molecule has 98 valence electrons.